The van der Waals surface area contributed by atoms with Gasteiger partial charge in [0.05, 0.1) is 0 Å². The maximum absolute atomic E-state index is 3.34. The van der Waals surface area contributed by atoms with Crippen LogP contribution in [-0.4, -0.2) is 0 Å². The average Bonchev–Trinajstić information content (AvgIpc) is 2.91. The fraction of sp³-hybridized carbons (Fsp3) is 0.294. The van der Waals surface area contributed by atoms with Crippen LogP contribution in [0.25, 0.3) is 0 Å². The normalized spacial score (nSPS) is 9.44. The molecule has 0 radical (unpaired) electrons. The number of hydrogen-bond donors (Lipinski definition) is 1. The Kier molecular flexibility index (Phi) is 15.8. The van der Waals surface area contributed by atoms with Gasteiger partial charge in [-0.1, -0.05) is 106 Å². The first kappa shape index (κ1) is 31.1. The number of nitrogens with one attached hydrogen (secondary N) is 1. The number of anilines is 1. The lowest BCUT2D eigenvalue weighted by molar-refractivity contribution is 0.939. The van der Waals surface area contributed by atoms with Gasteiger partial charge in [-0.15, -0.1) is 0 Å². The van der Waals surface area contributed by atoms with Gasteiger partial charge in [0.15, 0.2) is 0 Å². The van der Waals surface area contributed by atoms with E-state index in [1.54, 1.807) is 11.9 Å². The first-order valence-electron chi connectivity index (χ1n) is 13.2. The van der Waals surface area contributed by atoms with E-state index < -0.39 is 0 Å². The number of rotatable bonds is 6. The Hall–Kier alpha value is -2.97. The molecule has 0 saturated carbocycles. The van der Waals surface area contributed by atoms with E-state index in [9.17, 15) is 0 Å². The fourth-order valence-corrected chi connectivity index (χ4v) is 4.12. The van der Waals surface area contributed by atoms with E-state index in [1.807, 2.05) is 27.7 Å². The summed E-state index contributed by atoms with van der Waals surface area (Å²) in [7, 11) is 0. The summed E-state index contributed by atoms with van der Waals surface area (Å²) in [4.78, 5) is 1.23. The fourth-order valence-electron chi connectivity index (χ4n) is 3.48. The second-order valence-electron chi connectivity index (χ2n) is 8.24. The lowest BCUT2D eigenvalue weighted by atomic mass is 9.98. The van der Waals surface area contributed by atoms with Gasteiger partial charge in [-0.2, -0.15) is 0 Å². The highest BCUT2D eigenvalue weighted by molar-refractivity contribution is 8.00. The Bertz CT molecular complexity index is 1070. The highest BCUT2D eigenvalue weighted by atomic mass is 32.2. The van der Waals surface area contributed by atoms with Crippen molar-refractivity contribution in [1.29, 1.82) is 0 Å². The van der Waals surface area contributed by atoms with Crippen LogP contribution in [-0.2, 0) is 12.8 Å². The minimum absolute atomic E-state index is 1.14. The minimum atomic E-state index is 1.14. The van der Waals surface area contributed by atoms with Crippen molar-refractivity contribution in [3.8, 4) is 0 Å². The second-order valence-corrected chi connectivity index (χ2v) is 9.12. The molecule has 0 aliphatic heterocycles. The molecule has 4 rings (SSSR count). The van der Waals surface area contributed by atoms with E-state index in [0.29, 0.717) is 0 Å². The highest BCUT2D eigenvalue weighted by Crippen LogP contribution is 2.21. The Morgan fingerprint density at radius 2 is 1.03 bits per heavy atom. The molecule has 192 valence electrons. The van der Waals surface area contributed by atoms with Crippen molar-refractivity contribution >= 4 is 17.6 Å². The molecule has 2 heteroatoms. The molecule has 36 heavy (non-hydrogen) atoms. The molecule has 0 amide bonds. The molecule has 0 aromatic heterocycles. The van der Waals surface area contributed by atoms with Crippen molar-refractivity contribution in [2.24, 2.45) is 0 Å². The van der Waals surface area contributed by atoms with Crippen LogP contribution in [0.5, 0.6) is 0 Å². The van der Waals surface area contributed by atoms with Gasteiger partial charge in [0, 0.05) is 10.6 Å². The molecule has 1 nitrogen and oxygen atoms in total. The first-order chi connectivity index (χ1) is 17.5. The van der Waals surface area contributed by atoms with E-state index in [-0.39, 0.29) is 0 Å². The number of aryl methyl sites for hydroxylation is 6. The zero-order valence-corrected chi connectivity index (χ0v) is 24.4. The average molecular weight is 500 g/mol. The van der Waals surface area contributed by atoms with Crippen LogP contribution in [0.15, 0.2) is 102 Å². The van der Waals surface area contributed by atoms with Crippen molar-refractivity contribution in [3.63, 3.8) is 0 Å². The highest BCUT2D eigenvalue weighted by Gasteiger charge is 2.00. The summed E-state index contributed by atoms with van der Waals surface area (Å²) < 4.78 is 3.34. The summed E-state index contributed by atoms with van der Waals surface area (Å²) in [6, 6.07) is 34.2. The summed E-state index contributed by atoms with van der Waals surface area (Å²) in [6.07, 6.45) is 2.27. The van der Waals surface area contributed by atoms with Gasteiger partial charge in [-0.25, -0.2) is 0 Å². The molecule has 0 aliphatic carbocycles. The third-order valence-corrected chi connectivity index (χ3v) is 6.36. The van der Waals surface area contributed by atoms with Gasteiger partial charge in [0.1, 0.15) is 0 Å². The molecule has 0 bridgehead atoms. The van der Waals surface area contributed by atoms with Crippen molar-refractivity contribution in [2.75, 3.05) is 4.72 Å². The smallest absolute Gasteiger partial charge is 0.0445 e. The van der Waals surface area contributed by atoms with Gasteiger partial charge in [-0.3, -0.25) is 0 Å². The summed E-state index contributed by atoms with van der Waals surface area (Å²) in [6.45, 7) is 16.6. The summed E-state index contributed by atoms with van der Waals surface area (Å²) in [5, 5.41) is 0. The summed E-state index contributed by atoms with van der Waals surface area (Å²) >= 11 is 1.64. The van der Waals surface area contributed by atoms with Gasteiger partial charge in [0.25, 0.3) is 0 Å². The maximum atomic E-state index is 3.34. The molecule has 0 unspecified atom stereocenters. The minimum Gasteiger partial charge on any atom is -0.326 e. The van der Waals surface area contributed by atoms with E-state index in [0.717, 1.165) is 18.5 Å². The Balaban J connectivity index is 0.000000317. The van der Waals surface area contributed by atoms with Crippen molar-refractivity contribution in [1.82, 2.24) is 0 Å². The SMILES string of the molecule is CC.CC.Cc1ccc(SNc2cccc(C)c2)cc1.Cc1ccccc1CCc1ccccc1C. The predicted molar refractivity (Wildman–Crippen MR) is 164 cm³/mol. The molecule has 0 aliphatic rings. The molecule has 0 heterocycles. The van der Waals surface area contributed by atoms with E-state index in [2.05, 4.69) is 129 Å². The third-order valence-electron chi connectivity index (χ3n) is 5.51. The standard InChI is InChI=1S/C16H18.C14H15NS.2C2H6/c1-13-7-3-5-9-15(13)11-12-16-10-6-4-8-14(16)2;1-11-6-8-14(9-7-11)16-15-13-5-3-4-12(2)10-13;2*1-2/h3-10H,11-12H2,1-2H3;3-10,15H,1-2H3;2*1-2H3. The van der Waals surface area contributed by atoms with Crippen LogP contribution in [0, 0.1) is 27.7 Å². The predicted octanol–water partition coefficient (Wildman–Crippen LogP) is 10.6. The Labute approximate surface area is 225 Å². The van der Waals surface area contributed by atoms with Gasteiger partial charge in [0.2, 0.25) is 0 Å². The summed E-state index contributed by atoms with van der Waals surface area (Å²) in [5.74, 6) is 0. The monoisotopic (exact) mass is 499 g/mol. The summed E-state index contributed by atoms with van der Waals surface area (Å²) in [5.41, 5.74) is 9.43. The van der Waals surface area contributed by atoms with E-state index >= 15 is 0 Å². The zero-order chi connectivity index (χ0) is 26.8. The maximum Gasteiger partial charge on any atom is 0.0445 e. The molecular formula is C34H45NS. The molecule has 0 fully saturated rings. The molecular weight excluding hydrogens is 454 g/mol. The Morgan fingerprint density at radius 1 is 0.528 bits per heavy atom. The molecule has 0 saturated heterocycles. The van der Waals surface area contributed by atoms with Gasteiger partial charge >= 0.3 is 0 Å². The Morgan fingerprint density at radius 3 is 1.50 bits per heavy atom. The lowest BCUT2D eigenvalue weighted by Crippen LogP contribution is -1.95. The molecule has 0 atom stereocenters. The largest absolute Gasteiger partial charge is 0.326 e. The van der Waals surface area contributed by atoms with E-state index in [4.69, 9.17) is 0 Å². The zero-order valence-electron chi connectivity index (χ0n) is 23.6. The quantitative estimate of drug-likeness (QED) is 0.265. The van der Waals surface area contributed by atoms with Crippen LogP contribution >= 0.6 is 11.9 Å². The van der Waals surface area contributed by atoms with Crippen LogP contribution in [0.4, 0.5) is 5.69 Å². The van der Waals surface area contributed by atoms with Crippen molar-refractivity contribution in [2.45, 2.75) is 73.1 Å². The molecule has 4 aromatic rings. The van der Waals surface area contributed by atoms with Crippen LogP contribution in [0.1, 0.15) is 61.1 Å². The number of hydrogen-bond acceptors (Lipinski definition) is 2. The molecule has 4 aromatic carbocycles. The third kappa shape index (κ3) is 11.6. The van der Waals surface area contributed by atoms with Crippen molar-refractivity contribution < 1.29 is 0 Å². The van der Waals surface area contributed by atoms with Crippen LogP contribution < -0.4 is 4.72 Å². The van der Waals surface area contributed by atoms with Crippen LogP contribution in [0.2, 0.25) is 0 Å². The van der Waals surface area contributed by atoms with Gasteiger partial charge in [-0.05, 0) is 105 Å². The molecule has 1 N–H and O–H groups in total. The molecule has 0 spiro atoms. The van der Waals surface area contributed by atoms with Crippen molar-refractivity contribution in [3.05, 3.63) is 130 Å². The van der Waals surface area contributed by atoms with Gasteiger partial charge < -0.3 is 4.72 Å². The van der Waals surface area contributed by atoms with E-state index in [1.165, 1.54) is 38.3 Å². The topological polar surface area (TPSA) is 12.0 Å². The first-order valence-corrected chi connectivity index (χ1v) is 14.0. The number of benzene rings is 4. The lowest BCUT2D eigenvalue weighted by Gasteiger charge is -2.07. The van der Waals surface area contributed by atoms with Crippen LogP contribution in [0.3, 0.4) is 0 Å². The second kappa shape index (κ2) is 18.3.